The topological polar surface area (TPSA) is 136 Å². The van der Waals surface area contributed by atoms with Gasteiger partial charge in [0, 0.05) is 36.8 Å². The first-order valence-electron chi connectivity index (χ1n) is 12.7. The fourth-order valence-corrected chi connectivity index (χ4v) is 5.27. The zero-order valence-electron chi connectivity index (χ0n) is 20.7. The molecule has 0 bridgehead atoms. The van der Waals surface area contributed by atoms with E-state index in [1.807, 2.05) is 18.2 Å². The number of unbranched alkanes of at least 4 members (excludes halogenated alkanes) is 1. The number of furan rings is 1. The number of nitrogens with one attached hydrogen (secondary N) is 1. The Labute approximate surface area is 217 Å². The average molecular weight is 525 g/mol. The van der Waals surface area contributed by atoms with E-state index in [4.69, 9.17) is 14.5 Å². The lowest BCUT2D eigenvalue weighted by Crippen LogP contribution is -2.27. The molecule has 2 heterocycles. The Hall–Kier alpha value is -3.08. The van der Waals surface area contributed by atoms with E-state index in [1.54, 1.807) is 7.05 Å². The molecule has 0 spiro atoms. The Morgan fingerprint density at radius 1 is 1.16 bits per heavy atom. The molecule has 2 aliphatic rings. The van der Waals surface area contributed by atoms with Crippen LogP contribution in [0.15, 0.2) is 34.7 Å². The molecule has 2 saturated carbocycles. The van der Waals surface area contributed by atoms with E-state index in [1.165, 1.54) is 22.7 Å². The lowest BCUT2D eigenvalue weighted by Gasteiger charge is -2.24. The van der Waals surface area contributed by atoms with Gasteiger partial charge >= 0.3 is 5.97 Å². The van der Waals surface area contributed by atoms with Crippen molar-refractivity contribution < 1.29 is 27.9 Å². The summed E-state index contributed by atoms with van der Waals surface area (Å²) < 4.78 is 31.3. The molecule has 2 N–H and O–H groups in total. The second-order valence-corrected chi connectivity index (χ2v) is 10.8. The first-order chi connectivity index (χ1) is 17.9. The number of pyridine rings is 1. The molecular formula is C27H30N3O6S-. The molecule has 1 aromatic carbocycles. The second kappa shape index (κ2) is 10.7. The molecular weight excluding hydrogens is 494 g/mol. The minimum absolute atomic E-state index is 0.00403. The van der Waals surface area contributed by atoms with E-state index in [9.17, 15) is 18.4 Å². The number of hydrogen-bond acceptors (Lipinski definition) is 6. The molecule has 1 amide bonds. The second-order valence-electron chi connectivity index (χ2n) is 9.86. The van der Waals surface area contributed by atoms with Gasteiger partial charge in [0.15, 0.2) is 0 Å². The SMILES string of the molecule is CNC(=O)c1c(-c2ccc(C3CC3)cc2)oc2nc(CN(CCCCC(=O)O)S(=O)[O-])c(C3CC3)cc12. The third kappa shape index (κ3) is 5.76. The third-order valence-corrected chi connectivity index (χ3v) is 7.81. The number of carbonyl (C=O) groups is 2. The van der Waals surface area contributed by atoms with E-state index in [-0.39, 0.29) is 31.3 Å². The first kappa shape index (κ1) is 25.6. The largest absolute Gasteiger partial charge is 0.760 e. The highest BCUT2D eigenvalue weighted by molar-refractivity contribution is 7.76. The average Bonchev–Trinajstić information content (AvgIpc) is 3.81. The maximum absolute atomic E-state index is 13.0. The van der Waals surface area contributed by atoms with Crippen LogP contribution in [-0.4, -0.2) is 48.6 Å². The van der Waals surface area contributed by atoms with Crippen molar-refractivity contribution in [1.82, 2.24) is 14.6 Å². The normalized spacial score (nSPS) is 16.3. The molecule has 2 fully saturated rings. The van der Waals surface area contributed by atoms with E-state index < -0.39 is 17.2 Å². The monoisotopic (exact) mass is 524 g/mol. The predicted octanol–water partition coefficient (Wildman–Crippen LogP) is 4.46. The van der Waals surface area contributed by atoms with Crippen molar-refractivity contribution >= 4 is 34.2 Å². The number of benzene rings is 1. The van der Waals surface area contributed by atoms with Gasteiger partial charge in [0.25, 0.3) is 5.91 Å². The Morgan fingerprint density at radius 3 is 2.46 bits per heavy atom. The van der Waals surface area contributed by atoms with Crippen molar-refractivity contribution in [2.45, 2.75) is 63.3 Å². The van der Waals surface area contributed by atoms with Gasteiger partial charge in [-0.05, 0) is 67.6 Å². The van der Waals surface area contributed by atoms with Crippen LogP contribution in [0.25, 0.3) is 22.4 Å². The van der Waals surface area contributed by atoms with Crippen LogP contribution >= 0.6 is 0 Å². The van der Waals surface area contributed by atoms with Crippen molar-refractivity contribution in [2.75, 3.05) is 13.6 Å². The van der Waals surface area contributed by atoms with Crippen LogP contribution in [0.4, 0.5) is 0 Å². The van der Waals surface area contributed by atoms with Crippen LogP contribution in [0.1, 0.15) is 84.0 Å². The number of nitrogens with zero attached hydrogens (tertiary/aromatic N) is 2. The van der Waals surface area contributed by atoms with Crippen molar-refractivity contribution in [1.29, 1.82) is 0 Å². The van der Waals surface area contributed by atoms with Gasteiger partial charge in [0.05, 0.1) is 23.2 Å². The van der Waals surface area contributed by atoms with Gasteiger partial charge in [-0.3, -0.25) is 13.8 Å². The van der Waals surface area contributed by atoms with Gasteiger partial charge in [-0.2, -0.15) is 0 Å². The molecule has 1 unspecified atom stereocenters. The summed E-state index contributed by atoms with van der Waals surface area (Å²) in [6.07, 6.45) is 5.18. The van der Waals surface area contributed by atoms with Crippen LogP contribution in [0.3, 0.4) is 0 Å². The van der Waals surface area contributed by atoms with Gasteiger partial charge in [-0.25, -0.2) is 9.29 Å². The number of carboxylic acid groups (broad SMARTS) is 1. The van der Waals surface area contributed by atoms with Crippen molar-refractivity contribution in [3.8, 4) is 11.3 Å². The van der Waals surface area contributed by atoms with Gasteiger partial charge in [-0.1, -0.05) is 24.3 Å². The highest BCUT2D eigenvalue weighted by Gasteiger charge is 2.31. The lowest BCUT2D eigenvalue weighted by atomic mass is 10.0. The van der Waals surface area contributed by atoms with Crippen LogP contribution < -0.4 is 5.32 Å². The summed E-state index contributed by atoms with van der Waals surface area (Å²) in [7, 11) is 1.58. The molecule has 10 heteroatoms. The Kier molecular flexibility index (Phi) is 7.41. The quantitative estimate of drug-likeness (QED) is 0.264. The minimum Gasteiger partial charge on any atom is -0.760 e. The number of aliphatic carboxylic acids is 1. The van der Waals surface area contributed by atoms with Crippen molar-refractivity contribution in [2.24, 2.45) is 0 Å². The molecule has 196 valence electrons. The molecule has 1 atom stereocenters. The zero-order chi connectivity index (χ0) is 26.1. The molecule has 9 nitrogen and oxygen atoms in total. The van der Waals surface area contributed by atoms with Crippen LogP contribution in [-0.2, 0) is 22.6 Å². The number of hydrogen-bond donors (Lipinski definition) is 2. The summed E-state index contributed by atoms with van der Waals surface area (Å²) in [5, 5.41) is 12.2. The summed E-state index contributed by atoms with van der Waals surface area (Å²) in [4.78, 5) is 28.5. The molecule has 0 saturated heterocycles. The fourth-order valence-electron chi connectivity index (χ4n) is 4.76. The fraction of sp³-hybridized carbons (Fsp3) is 0.444. The number of fused-ring (bicyclic) bond motifs is 1. The van der Waals surface area contributed by atoms with Crippen molar-refractivity contribution in [3.05, 3.63) is 52.7 Å². The van der Waals surface area contributed by atoms with Gasteiger partial charge in [0.2, 0.25) is 5.71 Å². The van der Waals surface area contributed by atoms with Gasteiger partial charge in [0.1, 0.15) is 5.76 Å². The van der Waals surface area contributed by atoms with E-state index in [0.29, 0.717) is 46.9 Å². The maximum atomic E-state index is 13.0. The summed E-state index contributed by atoms with van der Waals surface area (Å²) in [5.41, 5.74) is 4.32. The number of carbonyl (C=O) groups excluding carboxylic acids is 1. The van der Waals surface area contributed by atoms with Gasteiger partial charge in [-0.15, -0.1) is 0 Å². The standard InChI is InChI=1S/C27H31N3O6S/c1-28-26(33)24-21-14-20(18-9-10-18)22(15-30(37(34)35)13-3-2-4-23(31)32)29-27(21)36-25(24)19-11-7-17(8-12-19)16-5-6-16/h7-8,11-12,14,16,18H,2-6,9-10,13,15H2,1H3,(H,28,33)(H,31,32)(H,34,35)/p-1. The smallest absolute Gasteiger partial charge is 0.303 e. The third-order valence-electron chi connectivity index (χ3n) is 7.07. The Morgan fingerprint density at radius 2 is 1.86 bits per heavy atom. The van der Waals surface area contributed by atoms with Crippen LogP contribution in [0, 0.1) is 0 Å². The minimum atomic E-state index is -2.49. The molecule has 2 aromatic heterocycles. The number of amides is 1. The van der Waals surface area contributed by atoms with Crippen molar-refractivity contribution in [3.63, 3.8) is 0 Å². The summed E-state index contributed by atoms with van der Waals surface area (Å²) in [6.45, 7) is 0.264. The number of rotatable bonds is 12. The number of carboxylic acids is 1. The highest BCUT2D eigenvalue weighted by Crippen LogP contribution is 2.45. The Balaban J connectivity index is 1.51. The zero-order valence-corrected chi connectivity index (χ0v) is 21.5. The summed E-state index contributed by atoms with van der Waals surface area (Å²) in [6, 6.07) is 10.0. The molecule has 37 heavy (non-hydrogen) atoms. The van der Waals surface area contributed by atoms with E-state index in [0.717, 1.165) is 24.0 Å². The number of aromatic nitrogens is 1. The predicted molar refractivity (Wildman–Crippen MR) is 138 cm³/mol. The maximum Gasteiger partial charge on any atom is 0.303 e. The molecule has 0 radical (unpaired) electrons. The van der Waals surface area contributed by atoms with E-state index >= 15 is 0 Å². The molecule has 2 aliphatic carbocycles. The Bertz CT molecular complexity index is 1340. The highest BCUT2D eigenvalue weighted by atomic mass is 32.2. The summed E-state index contributed by atoms with van der Waals surface area (Å²) >= 11 is -2.49. The lowest BCUT2D eigenvalue weighted by molar-refractivity contribution is -0.137. The summed E-state index contributed by atoms with van der Waals surface area (Å²) in [5.74, 6) is 0.153. The first-order valence-corrected chi connectivity index (χ1v) is 13.7. The van der Waals surface area contributed by atoms with Crippen LogP contribution in [0.5, 0.6) is 0 Å². The van der Waals surface area contributed by atoms with Gasteiger partial charge < -0.3 is 19.4 Å². The van der Waals surface area contributed by atoms with E-state index in [2.05, 4.69) is 17.4 Å². The molecule has 0 aliphatic heterocycles. The molecule has 3 aromatic rings. The van der Waals surface area contributed by atoms with Crippen LogP contribution in [0.2, 0.25) is 0 Å². The molecule has 5 rings (SSSR count).